The van der Waals surface area contributed by atoms with E-state index in [-0.39, 0.29) is 11.6 Å². The lowest BCUT2D eigenvalue weighted by atomic mass is 9.94. The van der Waals surface area contributed by atoms with Gasteiger partial charge in [0.2, 0.25) is 0 Å². The summed E-state index contributed by atoms with van der Waals surface area (Å²) in [6, 6.07) is 3.51. The molecule has 0 atom stereocenters. The van der Waals surface area contributed by atoms with Crippen molar-refractivity contribution in [1.29, 1.82) is 0 Å². The van der Waals surface area contributed by atoms with E-state index in [1.54, 1.807) is 17.0 Å². The van der Waals surface area contributed by atoms with Gasteiger partial charge in [0.25, 0.3) is 5.91 Å². The molecule has 1 aliphatic rings. The van der Waals surface area contributed by atoms with Gasteiger partial charge in [-0.05, 0) is 25.0 Å². The highest BCUT2D eigenvalue weighted by Crippen LogP contribution is 2.24. The molecule has 0 bridgehead atoms. The Kier molecular flexibility index (Phi) is 4.07. The van der Waals surface area contributed by atoms with Gasteiger partial charge in [0.1, 0.15) is 11.5 Å². The Labute approximate surface area is 112 Å². The maximum absolute atomic E-state index is 12.3. The summed E-state index contributed by atoms with van der Waals surface area (Å²) in [4.78, 5) is 18.1. The van der Waals surface area contributed by atoms with Crippen molar-refractivity contribution in [3.8, 4) is 0 Å². The molecular weight excluding hydrogens is 250 g/mol. The average molecular weight is 268 g/mol. The van der Waals surface area contributed by atoms with Crippen LogP contribution in [-0.2, 0) is 0 Å². The number of pyridine rings is 1. The molecule has 1 aliphatic carbocycles. The maximum atomic E-state index is 12.3. The zero-order chi connectivity index (χ0) is 13.1. The summed E-state index contributed by atoms with van der Waals surface area (Å²) in [5.41, 5.74) is 5.86. The third kappa shape index (κ3) is 2.75. The lowest BCUT2D eigenvalue weighted by Gasteiger charge is -2.31. The monoisotopic (exact) mass is 267 g/mol. The number of hydrogen-bond acceptors (Lipinski definition) is 3. The molecule has 5 heteroatoms. The summed E-state index contributed by atoms with van der Waals surface area (Å²) in [5.74, 6) is 0.180. The van der Waals surface area contributed by atoms with Gasteiger partial charge in [0.05, 0.1) is 5.02 Å². The maximum Gasteiger partial charge on any atom is 0.274 e. The van der Waals surface area contributed by atoms with Crippen molar-refractivity contribution in [3.05, 3.63) is 22.8 Å². The smallest absolute Gasteiger partial charge is 0.274 e. The van der Waals surface area contributed by atoms with Crippen molar-refractivity contribution in [2.75, 3.05) is 12.8 Å². The lowest BCUT2D eigenvalue weighted by molar-refractivity contribution is 0.0690. The average Bonchev–Trinajstić information content (AvgIpc) is 2.41. The highest BCUT2D eigenvalue weighted by molar-refractivity contribution is 6.33. The fourth-order valence-corrected chi connectivity index (χ4v) is 2.59. The summed E-state index contributed by atoms with van der Waals surface area (Å²) < 4.78 is 0. The van der Waals surface area contributed by atoms with Gasteiger partial charge in [-0.15, -0.1) is 0 Å². The van der Waals surface area contributed by atoms with Crippen molar-refractivity contribution in [2.45, 2.75) is 38.1 Å². The van der Waals surface area contributed by atoms with E-state index in [9.17, 15) is 4.79 Å². The van der Waals surface area contributed by atoms with Crippen molar-refractivity contribution in [2.24, 2.45) is 0 Å². The predicted octanol–water partition coefficient (Wildman–Crippen LogP) is 2.72. The minimum absolute atomic E-state index is 0.140. The van der Waals surface area contributed by atoms with Crippen LogP contribution in [0.3, 0.4) is 0 Å². The first-order chi connectivity index (χ1) is 8.59. The van der Waals surface area contributed by atoms with Crippen LogP contribution in [0, 0.1) is 0 Å². The molecule has 0 unspecified atom stereocenters. The molecular formula is C13H18ClN3O. The molecule has 1 heterocycles. The molecule has 98 valence electrons. The molecule has 1 saturated carbocycles. The minimum Gasteiger partial charge on any atom is -0.384 e. The number of anilines is 1. The van der Waals surface area contributed by atoms with E-state index in [4.69, 9.17) is 17.3 Å². The van der Waals surface area contributed by atoms with E-state index in [0.29, 0.717) is 16.9 Å². The number of halogens is 1. The van der Waals surface area contributed by atoms with E-state index in [1.165, 1.54) is 19.3 Å². The van der Waals surface area contributed by atoms with Gasteiger partial charge in [0, 0.05) is 13.1 Å². The number of nitrogen functional groups attached to an aromatic ring is 1. The van der Waals surface area contributed by atoms with Crippen molar-refractivity contribution in [3.63, 3.8) is 0 Å². The highest BCUT2D eigenvalue weighted by atomic mass is 35.5. The van der Waals surface area contributed by atoms with Gasteiger partial charge in [-0.3, -0.25) is 4.79 Å². The number of carbonyl (C=O) groups is 1. The Bertz CT molecular complexity index is 444. The largest absolute Gasteiger partial charge is 0.384 e. The third-order valence-electron chi connectivity index (χ3n) is 3.51. The van der Waals surface area contributed by atoms with E-state index < -0.39 is 0 Å². The van der Waals surface area contributed by atoms with Gasteiger partial charge >= 0.3 is 0 Å². The van der Waals surface area contributed by atoms with Gasteiger partial charge in [-0.2, -0.15) is 0 Å². The molecule has 1 amide bonds. The second-order valence-electron chi connectivity index (χ2n) is 4.77. The Hall–Kier alpha value is -1.29. The number of nitrogens with two attached hydrogens (primary N) is 1. The number of amides is 1. The van der Waals surface area contributed by atoms with Gasteiger partial charge in [0.15, 0.2) is 0 Å². The van der Waals surface area contributed by atoms with Gasteiger partial charge < -0.3 is 10.6 Å². The number of carbonyl (C=O) groups excluding carboxylic acids is 1. The molecule has 0 aromatic carbocycles. The number of aromatic nitrogens is 1. The molecule has 0 spiro atoms. The van der Waals surface area contributed by atoms with Crippen molar-refractivity contribution in [1.82, 2.24) is 9.88 Å². The normalized spacial score (nSPS) is 16.6. The van der Waals surface area contributed by atoms with Crippen LogP contribution in [0.5, 0.6) is 0 Å². The quantitative estimate of drug-likeness (QED) is 0.896. The highest BCUT2D eigenvalue weighted by Gasteiger charge is 2.25. The molecule has 1 aromatic rings. The zero-order valence-corrected chi connectivity index (χ0v) is 11.3. The van der Waals surface area contributed by atoms with Crippen molar-refractivity contribution < 1.29 is 4.79 Å². The topological polar surface area (TPSA) is 59.2 Å². The van der Waals surface area contributed by atoms with Crippen LogP contribution < -0.4 is 5.73 Å². The number of rotatable bonds is 2. The van der Waals surface area contributed by atoms with Crippen molar-refractivity contribution >= 4 is 23.3 Å². The Morgan fingerprint density at radius 1 is 1.39 bits per heavy atom. The molecule has 0 saturated heterocycles. The Balaban J connectivity index is 2.16. The lowest BCUT2D eigenvalue weighted by Crippen LogP contribution is -2.38. The number of nitrogens with zero attached hydrogens (tertiary/aromatic N) is 2. The fourth-order valence-electron chi connectivity index (χ4n) is 2.41. The molecule has 4 nitrogen and oxygen atoms in total. The molecule has 2 N–H and O–H groups in total. The summed E-state index contributed by atoms with van der Waals surface area (Å²) in [7, 11) is 1.82. The Morgan fingerprint density at radius 2 is 2.06 bits per heavy atom. The van der Waals surface area contributed by atoms with Crippen LogP contribution in [0.2, 0.25) is 5.02 Å². The van der Waals surface area contributed by atoms with E-state index in [1.807, 2.05) is 7.05 Å². The van der Waals surface area contributed by atoms with E-state index >= 15 is 0 Å². The van der Waals surface area contributed by atoms with Gasteiger partial charge in [-0.1, -0.05) is 30.9 Å². The van der Waals surface area contributed by atoms with E-state index in [2.05, 4.69) is 4.98 Å². The summed E-state index contributed by atoms with van der Waals surface area (Å²) in [6.07, 6.45) is 5.74. The Morgan fingerprint density at radius 3 is 2.72 bits per heavy atom. The zero-order valence-electron chi connectivity index (χ0n) is 10.5. The van der Waals surface area contributed by atoms with Crippen LogP contribution in [-0.4, -0.2) is 28.9 Å². The second-order valence-corrected chi connectivity index (χ2v) is 5.18. The van der Waals surface area contributed by atoms with Gasteiger partial charge in [-0.25, -0.2) is 4.98 Å². The third-order valence-corrected chi connectivity index (χ3v) is 3.82. The molecule has 0 radical (unpaired) electrons. The summed E-state index contributed by atoms with van der Waals surface area (Å²) in [6.45, 7) is 0. The minimum atomic E-state index is -0.140. The van der Waals surface area contributed by atoms with E-state index in [0.717, 1.165) is 12.8 Å². The molecule has 1 fully saturated rings. The van der Waals surface area contributed by atoms with Crippen LogP contribution in [0.15, 0.2) is 12.1 Å². The molecule has 18 heavy (non-hydrogen) atoms. The SMILES string of the molecule is CN(C(=O)c1nc(N)ccc1Cl)C1CCCCC1. The molecule has 0 aliphatic heterocycles. The van der Waals surface area contributed by atoms with Crippen LogP contribution in [0.25, 0.3) is 0 Å². The summed E-state index contributed by atoms with van der Waals surface area (Å²) in [5, 5.41) is 0.358. The standard InChI is InChI=1S/C13H18ClN3O/c1-17(9-5-3-2-4-6-9)13(18)12-10(14)7-8-11(15)16-12/h7-9H,2-6H2,1H3,(H2,15,16). The predicted molar refractivity (Wildman–Crippen MR) is 72.6 cm³/mol. The summed E-state index contributed by atoms with van der Waals surface area (Å²) >= 11 is 6.01. The van der Waals surface area contributed by atoms with Crippen LogP contribution >= 0.6 is 11.6 Å². The first-order valence-electron chi connectivity index (χ1n) is 6.29. The van der Waals surface area contributed by atoms with Crippen LogP contribution in [0.4, 0.5) is 5.82 Å². The molecule has 2 rings (SSSR count). The second kappa shape index (κ2) is 5.57. The molecule has 1 aromatic heterocycles. The first-order valence-corrected chi connectivity index (χ1v) is 6.66. The fraction of sp³-hybridized carbons (Fsp3) is 0.538. The van der Waals surface area contributed by atoms with Crippen LogP contribution in [0.1, 0.15) is 42.6 Å². The first kappa shape index (κ1) is 13.1. The number of hydrogen-bond donors (Lipinski definition) is 1.